The van der Waals surface area contributed by atoms with Gasteiger partial charge in [-0.2, -0.15) is 0 Å². The fraction of sp³-hybridized carbons (Fsp3) is 0.375. The van der Waals surface area contributed by atoms with Crippen molar-refractivity contribution in [3.63, 3.8) is 0 Å². The number of benzene rings is 1. The summed E-state index contributed by atoms with van der Waals surface area (Å²) < 4.78 is 32.5. The lowest BCUT2D eigenvalue weighted by Gasteiger charge is -2.28. The molecule has 0 bridgehead atoms. The zero-order valence-electron chi connectivity index (χ0n) is 12.8. The lowest BCUT2D eigenvalue weighted by Crippen LogP contribution is -2.35. The van der Waals surface area contributed by atoms with E-state index in [0.29, 0.717) is 37.6 Å². The van der Waals surface area contributed by atoms with Crippen LogP contribution in [0.3, 0.4) is 0 Å². The van der Waals surface area contributed by atoms with E-state index in [1.165, 1.54) is 6.20 Å². The minimum atomic E-state index is -1.17. The summed E-state index contributed by atoms with van der Waals surface area (Å²) in [6, 6.07) is 2.58. The van der Waals surface area contributed by atoms with Crippen LogP contribution in [-0.4, -0.2) is 34.4 Å². The SMILES string of the molecule is O=C(O)NC(c1ncc(-c2cc(F)ccc2F)[nH]1)C1CCOCC1. The Hall–Kier alpha value is -2.48. The van der Waals surface area contributed by atoms with Crippen LogP contribution in [0.1, 0.15) is 24.7 Å². The molecule has 24 heavy (non-hydrogen) atoms. The van der Waals surface area contributed by atoms with Crippen molar-refractivity contribution in [2.75, 3.05) is 13.2 Å². The van der Waals surface area contributed by atoms with Gasteiger partial charge in [0, 0.05) is 18.8 Å². The van der Waals surface area contributed by atoms with Gasteiger partial charge in [0.15, 0.2) is 0 Å². The smallest absolute Gasteiger partial charge is 0.405 e. The minimum absolute atomic E-state index is 0.0196. The number of imidazole rings is 1. The van der Waals surface area contributed by atoms with Crippen LogP contribution in [0.5, 0.6) is 0 Å². The van der Waals surface area contributed by atoms with Crippen LogP contribution in [0.15, 0.2) is 24.4 Å². The molecule has 1 aromatic heterocycles. The number of halogens is 2. The monoisotopic (exact) mass is 337 g/mol. The van der Waals surface area contributed by atoms with Gasteiger partial charge in [0.1, 0.15) is 17.5 Å². The zero-order chi connectivity index (χ0) is 17.1. The third kappa shape index (κ3) is 3.53. The Kier molecular flexibility index (Phi) is 4.75. The standard InChI is InChI=1S/C16H17F2N3O3/c17-10-1-2-12(18)11(7-10)13-8-19-15(20-13)14(21-16(22)23)9-3-5-24-6-4-9/h1-2,7-9,14,21H,3-6H2,(H,19,20)(H,22,23). The first-order valence-corrected chi connectivity index (χ1v) is 7.62. The van der Waals surface area contributed by atoms with Crippen LogP contribution < -0.4 is 5.32 Å². The maximum absolute atomic E-state index is 13.9. The van der Waals surface area contributed by atoms with Crippen LogP contribution >= 0.6 is 0 Å². The summed E-state index contributed by atoms with van der Waals surface area (Å²) in [5, 5.41) is 11.5. The Morgan fingerprint density at radius 2 is 2.12 bits per heavy atom. The first-order chi connectivity index (χ1) is 11.5. The Balaban J connectivity index is 1.90. The molecule has 1 aromatic carbocycles. The third-order valence-corrected chi connectivity index (χ3v) is 4.12. The maximum Gasteiger partial charge on any atom is 0.405 e. The van der Waals surface area contributed by atoms with E-state index in [4.69, 9.17) is 9.84 Å². The fourth-order valence-electron chi connectivity index (χ4n) is 2.93. The summed E-state index contributed by atoms with van der Waals surface area (Å²) in [6.07, 6.45) is 1.59. The van der Waals surface area contributed by atoms with Crippen molar-refractivity contribution in [2.24, 2.45) is 5.92 Å². The van der Waals surface area contributed by atoms with E-state index < -0.39 is 23.8 Å². The van der Waals surface area contributed by atoms with Gasteiger partial charge in [0.25, 0.3) is 0 Å². The Morgan fingerprint density at radius 1 is 1.38 bits per heavy atom. The highest BCUT2D eigenvalue weighted by Gasteiger charge is 2.29. The van der Waals surface area contributed by atoms with Gasteiger partial charge in [-0.15, -0.1) is 0 Å². The number of nitrogens with one attached hydrogen (secondary N) is 2. The van der Waals surface area contributed by atoms with Gasteiger partial charge in [-0.3, -0.25) is 0 Å². The van der Waals surface area contributed by atoms with E-state index in [9.17, 15) is 13.6 Å². The number of aromatic amines is 1. The van der Waals surface area contributed by atoms with Crippen molar-refractivity contribution in [1.82, 2.24) is 15.3 Å². The summed E-state index contributed by atoms with van der Waals surface area (Å²) in [5.41, 5.74) is 0.348. The van der Waals surface area contributed by atoms with Gasteiger partial charge in [0.2, 0.25) is 0 Å². The molecular weight excluding hydrogens is 320 g/mol. The van der Waals surface area contributed by atoms with E-state index >= 15 is 0 Å². The molecule has 128 valence electrons. The van der Waals surface area contributed by atoms with Crippen LogP contribution in [0.2, 0.25) is 0 Å². The summed E-state index contributed by atoms with van der Waals surface area (Å²) in [7, 11) is 0. The molecule has 1 saturated heterocycles. The summed E-state index contributed by atoms with van der Waals surface area (Å²) >= 11 is 0. The first-order valence-electron chi connectivity index (χ1n) is 7.62. The maximum atomic E-state index is 13.9. The van der Waals surface area contributed by atoms with Crippen LogP contribution in [-0.2, 0) is 4.74 Å². The lowest BCUT2D eigenvalue weighted by atomic mass is 9.91. The van der Waals surface area contributed by atoms with Gasteiger partial charge in [0.05, 0.1) is 17.9 Å². The van der Waals surface area contributed by atoms with Crippen molar-refractivity contribution in [1.29, 1.82) is 0 Å². The number of carbonyl (C=O) groups is 1. The average molecular weight is 337 g/mol. The molecule has 1 atom stereocenters. The molecule has 0 spiro atoms. The van der Waals surface area contributed by atoms with E-state index in [-0.39, 0.29) is 11.5 Å². The van der Waals surface area contributed by atoms with E-state index in [1.807, 2.05) is 0 Å². The number of ether oxygens (including phenoxy) is 1. The van der Waals surface area contributed by atoms with Crippen molar-refractivity contribution >= 4 is 6.09 Å². The highest BCUT2D eigenvalue weighted by Crippen LogP contribution is 2.30. The lowest BCUT2D eigenvalue weighted by molar-refractivity contribution is 0.0524. The first kappa shape index (κ1) is 16.4. The van der Waals surface area contributed by atoms with E-state index in [2.05, 4.69) is 15.3 Å². The molecule has 0 saturated carbocycles. The van der Waals surface area contributed by atoms with Crippen molar-refractivity contribution < 1.29 is 23.4 Å². The molecule has 3 rings (SSSR count). The normalized spacial score (nSPS) is 16.8. The number of amides is 1. The molecule has 1 aliphatic rings. The summed E-state index contributed by atoms with van der Waals surface area (Å²) in [4.78, 5) is 18.2. The van der Waals surface area contributed by atoms with Crippen LogP contribution in [0.4, 0.5) is 13.6 Å². The molecule has 0 aliphatic carbocycles. The highest BCUT2D eigenvalue weighted by atomic mass is 19.1. The molecule has 6 nitrogen and oxygen atoms in total. The van der Waals surface area contributed by atoms with Crippen molar-refractivity contribution in [2.45, 2.75) is 18.9 Å². The predicted octanol–water partition coefficient (Wildman–Crippen LogP) is 3.09. The van der Waals surface area contributed by atoms with Gasteiger partial charge in [-0.05, 0) is 37.0 Å². The number of carboxylic acid groups (broad SMARTS) is 1. The number of H-pyrrole nitrogens is 1. The molecule has 8 heteroatoms. The van der Waals surface area contributed by atoms with Crippen molar-refractivity contribution in [3.05, 3.63) is 41.9 Å². The second kappa shape index (κ2) is 6.96. The summed E-state index contributed by atoms with van der Waals surface area (Å²) in [5.74, 6) is -0.748. The number of hydrogen-bond donors (Lipinski definition) is 3. The molecule has 0 radical (unpaired) electrons. The number of aromatic nitrogens is 2. The molecule has 2 aromatic rings. The highest BCUT2D eigenvalue weighted by molar-refractivity contribution is 5.65. The molecule has 2 heterocycles. The second-order valence-corrected chi connectivity index (χ2v) is 5.68. The number of rotatable bonds is 4. The third-order valence-electron chi connectivity index (χ3n) is 4.12. The van der Waals surface area contributed by atoms with Crippen molar-refractivity contribution in [3.8, 4) is 11.3 Å². The van der Waals surface area contributed by atoms with Gasteiger partial charge in [-0.1, -0.05) is 0 Å². The topological polar surface area (TPSA) is 87.2 Å². The molecule has 1 fully saturated rings. The number of hydrogen-bond acceptors (Lipinski definition) is 3. The molecule has 1 unspecified atom stereocenters. The Labute approximate surface area is 136 Å². The second-order valence-electron chi connectivity index (χ2n) is 5.68. The quantitative estimate of drug-likeness (QED) is 0.800. The molecule has 3 N–H and O–H groups in total. The zero-order valence-corrected chi connectivity index (χ0v) is 12.8. The average Bonchev–Trinajstić information content (AvgIpc) is 3.05. The molecule has 1 amide bonds. The largest absolute Gasteiger partial charge is 0.465 e. The molecule has 1 aliphatic heterocycles. The van der Waals surface area contributed by atoms with Gasteiger partial charge < -0.3 is 20.1 Å². The van der Waals surface area contributed by atoms with Crippen LogP contribution in [0, 0.1) is 17.6 Å². The Bertz CT molecular complexity index is 729. The molecular formula is C16H17F2N3O3. The van der Waals surface area contributed by atoms with Crippen LogP contribution in [0.25, 0.3) is 11.3 Å². The fourth-order valence-corrected chi connectivity index (χ4v) is 2.93. The van der Waals surface area contributed by atoms with E-state index in [0.717, 1.165) is 18.2 Å². The van der Waals surface area contributed by atoms with E-state index in [1.54, 1.807) is 0 Å². The van der Waals surface area contributed by atoms with Gasteiger partial charge in [-0.25, -0.2) is 18.6 Å². The number of nitrogens with zero attached hydrogens (tertiary/aromatic N) is 1. The predicted molar refractivity (Wildman–Crippen MR) is 81.4 cm³/mol. The Morgan fingerprint density at radius 3 is 2.83 bits per heavy atom. The summed E-state index contributed by atoms with van der Waals surface area (Å²) in [6.45, 7) is 1.10. The van der Waals surface area contributed by atoms with Gasteiger partial charge >= 0.3 is 6.09 Å². The minimum Gasteiger partial charge on any atom is -0.465 e.